The van der Waals surface area contributed by atoms with E-state index in [4.69, 9.17) is 12.2 Å². The normalized spacial score (nSPS) is 10.6. The molecule has 0 rings (SSSR count). The maximum Gasteiger partial charge on any atom is 0.245 e. The van der Waals surface area contributed by atoms with Crippen LogP contribution in [-0.2, 0) is 4.79 Å². The van der Waals surface area contributed by atoms with E-state index in [2.05, 4.69) is 5.92 Å². The van der Waals surface area contributed by atoms with Gasteiger partial charge in [0.2, 0.25) is 5.91 Å². The summed E-state index contributed by atoms with van der Waals surface area (Å²) >= 11 is 0. The van der Waals surface area contributed by atoms with Gasteiger partial charge in [0.1, 0.15) is 0 Å². The maximum absolute atomic E-state index is 10.5. The minimum absolute atomic E-state index is 0.417. The Kier molecular flexibility index (Phi) is 4.06. The predicted molar refractivity (Wildman–Crippen MR) is 41.0 cm³/mol. The molecule has 2 N–H and O–H groups in total. The molecule has 2 nitrogen and oxygen atoms in total. The molecule has 0 bridgehead atoms. The van der Waals surface area contributed by atoms with E-state index < -0.39 is 5.91 Å². The van der Waals surface area contributed by atoms with E-state index in [9.17, 15) is 4.79 Å². The van der Waals surface area contributed by atoms with Crippen LogP contribution in [0.5, 0.6) is 0 Å². The van der Waals surface area contributed by atoms with Gasteiger partial charge in [-0.15, -0.1) is 6.42 Å². The summed E-state index contributed by atoms with van der Waals surface area (Å²) in [4.78, 5) is 10.5. The number of rotatable bonds is 3. The Bertz CT molecular complexity index is 186. The first kappa shape index (κ1) is 8.77. The van der Waals surface area contributed by atoms with Crippen molar-refractivity contribution in [3.05, 3.63) is 11.6 Å². The van der Waals surface area contributed by atoms with Crippen molar-refractivity contribution in [3.8, 4) is 12.3 Å². The summed E-state index contributed by atoms with van der Waals surface area (Å²) in [6.07, 6.45) is 7.94. The SMILES string of the molecule is C#CC=C(CCC)C(N)=O. The van der Waals surface area contributed by atoms with E-state index in [1.165, 1.54) is 6.08 Å². The third-order valence-electron chi connectivity index (χ3n) is 1.09. The van der Waals surface area contributed by atoms with E-state index in [0.29, 0.717) is 12.0 Å². The topological polar surface area (TPSA) is 43.1 Å². The summed E-state index contributed by atoms with van der Waals surface area (Å²) in [5.41, 5.74) is 5.54. The van der Waals surface area contributed by atoms with E-state index >= 15 is 0 Å². The van der Waals surface area contributed by atoms with Gasteiger partial charge in [0.25, 0.3) is 0 Å². The summed E-state index contributed by atoms with van der Waals surface area (Å²) in [5, 5.41) is 0. The Morgan fingerprint density at radius 3 is 2.70 bits per heavy atom. The molecule has 2 heteroatoms. The van der Waals surface area contributed by atoms with Crippen molar-refractivity contribution in [1.29, 1.82) is 0 Å². The highest BCUT2D eigenvalue weighted by molar-refractivity contribution is 5.92. The van der Waals surface area contributed by atoms with Gasteiger partial charge in [0.05, 0.1) is 0 Å². The number of nitrogens with two attached hydrogens (primary N) is 1. The fourth-order valence-electron chi connectivity index (χ4n) is 0.636. The van der Waals surface area contributed by atoms with Gasteiger partial charge in [-0.3, -0.25) is 4.79 Å². The molecule has 0 atom stereocenters. The van der Waals surface area contributed by atoms with Gasteiger partial charge in [0.15, 0.2) is 0 Å². The highest BCUT2D eigenvalue weighted by atomic mass is 16.1. The van der Waals surface area contributed by atoms with Crippen LogP contribution >= 0.6 is 0 Å². The summed E-state index contributed by atoms with van der Waals surface area (Å²) in [5.74, 6) is 1.85. The molecule has 0 aliphatic heterocycles. The Balaban J connectivity index is 4.15. The minimum atomic E-state index is -0.417. The fraction of sp³-hybridized carbons (Fsp3) is 0.375. The molecule has 0 saturated heterocycles. The average molecular weight is 137 g/mol. The largest absolute Gasteiger partial charge is 0.366 e. The van der Waals surface area contributed by atoms with Crippen LogP contribution in [0.3, 0.4) is 0 Å². The lowest BCUT2D eigenvalue weighted by Gasteiger charge is -1.95. The number of primary amides is 1. The zero-order valence-corrected chi connectivity index (χ0v) is 6.05. The highest BCUT2D eigenvalue weighted by Crippen LogP contribution is 2.02. The molecule has 0 saturated carbocycles. The standard InChI is InChI=1S/C8H11NO/c1-3-5-7(6-4-2)8(9)10/h1,5H,4,6H2,2H3,(H2,9,10). The van der Waals surface area contributed by atoms with Crippen LogP contribution in [0.25, 0.3) is 0 Å². The van der Waals surface area contributed by atoms with Gasteiger partial charge in [-0.1, -0.05) is 19.3 Å². The van der Waals surface area contributed by atoms with Crippen LogP contribution in [0.4, 0.5) is 0 Å². The maximum atomic E-state index is 10.5. The molecule has 0 aromatic heterocycles. The first-order valence-electron chi connectivity index (χ1n) is 3.17. The molecule has 0 fully saturated rings. The molecular weight excluding hydrogens is 126 g/mol. The Morgan fingerprint density at radius 1 is 1.80 bits per heavy atom. The molecule has 0 radical (unpaired) electrons. The summed E-state index contributed by atoms with van der Waals surface area (Å²) in [6.45, 7) is 1.97. The van der Waals surface area contributed by atoms with E-state index in [1.807, 2.05) is 6.92 Å². The van der Waals surface area contributed by atoms with Crippen LogP contribution in [0.15, 0.2) is 11.6 Å². The Morgan fingerprint density at radius 2 is 2.40 bits per heavy atom. The first-order chi connectivity index (χ1) is 4.72. The lowest BCUT2D eigenvalue weighted by atomic mass is 10.1. The summed E-state index contributed by atoms with van der Waals surface area (Å²) < 4.78 is 0. The van der Waals surface area contributed by atoms with Crippen molar-refractivity contribution < 1.29 is 4.79 Å². The van der Waals surface area contributed by atoms with Gasteiger partial charge >= 0.3 is 0 Å². The molecule has 10 heavy (non-hydrogen) atoms. The molecule has 0 aromatic rings. The molecule has 1 amide bonds. The number of allylic oxidation sites excluding steroid dienone is 1. The highest BCUT2D eigenvalue weighted by Gasteiger charge is 2.00. The monoisotopic (exact) mass is 137 g/mol. The van der Waals surface area contributed by atoms with Gasteiger partial charge in [-0.2, -0.15) is 0 Å². The fourth-order valence-corrected chi connectivity index (χ4v) is 0.636. The van der Waals surface area contributed by atoms with Gasteiger partial charge in [0, 0.05) is 5.57 Å². The number of amides is 1. The van der Waals surface area contributed by atoms with Crippen LogP contribution in [0.1, 0.15) is 19.8 Å². The zero-order chi connectivity index (χ0) is 7.98. The lowest BCUT2D eigenvalue weighted by molar-refractivity contribution is -0.114. The van der Waals surface area contributed by atoms with Gasteiger partial charge < -0.3 is 5.73 Å². The van der Waals surface area contributed by atoms with E-state index in [0.717, 1.165) is 6.42 Å². The van der Waals surface area contributed by atoms with Crippen molar-refractivity contribution in [2.24, 2.45) is 5.73 Å². The number of hydrogen-bond acceptors (Lipinski definition) is 1. The smallest absolute Gasteiger partial charge is 0.245 e. The Labute approximate surface area is 61.1 Å². The predicted octanol–water partition coefficient (Wildman–Crippen LogP) is 0.831. The third-order valence-corrected chi connectivity index (χ3v) is 1.09. The average Bonchev–Trinajstić information content (AvgIpc) is 1.87. The van der Waals surface area contributed by atoms with Gasteiger partial charge in [-0.05, 0) is 12.5 Å². The summed E-state index contributed by atoms with van der Waals surface area (Å²) in [7, 11) is 0. The van der Waals surface area contributed by atoms with Crippen molar-refractivity contribution in [2.75, 3.05) is 0 Å². The molecule has 54 valence electrons. The van der Waals surface area contributed by atoms with Crippen LogP contribution in [0, 0.1) is 12.3 Å². The molecular formula is C8H11NO. The first-order valence-corrected chi connectivity index (χ1v) is 3.17. The molecule has 0 spiro atoms. The molecule has 0 unspecified atom stereocenters. The third kappa shape index (κ3) is 2.93. The van der Waals surface area contributed by atoms with E-state index in [-0.39, 0.29) is 0 Å². The van der Waals surface area contributed by atoms with Crippen molar-refractivity contribution in [1.82, 2.24) is 0 Å². The van der Waals surface area contributed by atoms with Crippen LogP contribution in [-0.4, -0.2) is 5.91 Å². The van der Waals surface area contributed by atoms with Crippen molar-refractivity contribution in [2.45, 2.75) is 19.8 Å². The van der Waals surface area contributed by atoms with Crippen LogP contribution < -0.4 is 5.73 Å². The van der Waals surface area contributed by atoms with Crippen molar-refractivity contribution >= 4 is 5.91 Å². The Hall–Kier alpha value is -1.23. The number of carbonyl (C=O) groups is 1. The zero-order valence-electron chi connectivity index (χ0n) is 6.05. The number of carbonyl (C=O) groups excluding carboxylic acids is 1. The second kappa shape index (κ2) is 4.63. The summed E-state index contributed by atoms with van der Waals surface area (Å²) in [6, 6.07) is 0. The second-order valence-corrected chi connectivity index (χ2v) is 1.95. The molecule has 0 aliphatic rings. The number of hydrogen-bond donors (Lipinski definition) is 1. The number of terminal acetylenes is 1. The second-order valence-electron chi connectivity index (χ2n) is 1.95. The van der Waals surface area contributed by atoms with Gasteiger partial charge in [-0.25, -0.2) is 0 Å². The quantitative estimate of drug-likeness (QED) is 0.454. The minimum Gasteiger partial charge on any atom is -0.366 e. The molecule has 0 aromatic carbocycles. The van der Waals surface area contributed by atoms with E-state index in [1.54, 1.807) is 0 Å². The molecule has 0 heterocycles. The van der Waals surface area contributed by atoms with Crippen molar-refractivity contribution in [3.63, 3.8) is 0 Å². The van der Waals surface area contributed by atoms with Crippen LogP contribution in [0.2, 0.25) is 0 Å². The lowest BCUT2D eigenvalue weighted by Crippen LogP contribution is -2.13. The molecule has 0 aliphatic carbocycles.